The first-order valence-electron chi connectivity index (χ1n) is 8.24. The second-order valence-electron chi connectivity index (χ2n) is 5.36. The molecule has 2 N–H and O–H groups in total. The van der Waals surface area contributed by atoms with Crippen molar-refractivity contribution in [2.75, 3.05) is 66.7 Å². The van der Waals surface area contributed by atoms with E-state index in [-0.39, 0.29) is 30.5 Å². The highest BCUT2D eigenvalue weighted by molar-refractivity contribution is 14.0. The molecule has 25 heavy (non-hydrogen) atoms. The Morgan fingerprint density at radius 2 is 1.64 bits per heavy atom. The predicted molar refractivity (Wildman–Crippen MR) is 105 cm³/mol. The maximum absolute atomic E-state index is 12.2. The maximum Gasteiger partial charge on any atom is 0.401 e. The summed E-state index contributed by atoms with van der Waals surface area (Å²) in [4.78, 5) is 5.21. The molecule has 0 amide bonds. The molecule has 0 bridgehead atoms. The molecule has 0 aromatic rings. The normalized spacial score (nSPS) is 12.2. The molecule has 0 aromatic carbocycles. The van der Waals surface area contributed by atoms with Crippen molar-refractivity contribution in [1.29, 1.82) is 0 Å². The van der Waals surface area contributed by atoms with Crippen molar-refractivity contribution in [3.63, 3.8) is 0 Å². The van der Waals surface area contributed by atoms with Crippen LogP contribution < -0.4 is 10.6 Å². The third kappa shape index (κ3) is 19.8. The van der Waals surface area contributed by atoms with Gasteiger partial charge in [-0.2, -0.15) is 13.2 Å². The van der Waals surface area contributed by atoms with E-state index >= 15 is 0 Å². The zero-order valence-electron chi connectivity index (χ0n) is 15.3. The Morgan fingerprint density at radius 1 is 1.04 bits per heavy atom. The van der Waals surface area contributed by atoms with Gasteiger partial charge in [0.2, 0.25) is 0 Å². The van der Waals surface area contributed by atoms with Crippen LogP contribution in [0.25, 0.3) is 0 Å². The molecule has 0 saturated heterocycles. The van der Waals surface area contributed by atoms with Crippen LogP contribution in [0.15, 0.2) is 4.99 Å². The molecular weight excluding hydrogens is 452 g/mol. The van der Waals surface area contributed by atoms with E-state index in [1.54, 1.807) is 7.05 Å². The molecule has 0 spiro atoms. The number of halogens is 4. The molecule has 0 fully saturated rings. The number of hydrogen-bond acceptors (Lipinski definition) is 4. The average molecular weight is 484 g/mol. The zero-order chi connectivity index (χ0) is 18.3. The van der Waals surface area contributed by atoms with Gasteiger partial charge in [0.25, 0.3) is 0 Å². The van der Waals surface area contributed by atoms with E-state index in [1.807, 2.05) is 0 Å². The summed E-state index contributed by atoms with van der Waals surface area (Å²) in [5.74, 6) is 0.540. The predicted octanol–water partition coefficient (Wildman–Crippen LogP) is 2.10. The fourth-order valence-corrected chi connectivity index (χ4v) is 1.78. The van der Waals surface area contributed by atoms with Crippen molar-refractivity contribution in [2.24, 2.45) is 4.99 Å². The lowest BCUT2D eigenvalue weighted by Crippen LogP contribution is -2.43. The molecule has 0 heterocycles. The maximum atomic E-state index is 12.2. The van der Waals surface area contributed by atoms with Gasteiger partial charge in [-0.1, -0.05) is 13.3 Å². The van der Waals surface area contributed by atoms with Crippen LogP contribution in [0.2, 0.25) is 0 Å². The van der Waals surface area contributed by atoms with E-state index in [0.29, 0.717) is 38.9 Å². The molecule has 10 heteroatoms. The largest absolute Gasteiger partial charge is 0.401 e. The first kappa shape index (κ1) is 26.9. The molecule has 0 aliphatic carbocycles. The van der Waals surface area contributed by atoms with Crippen LogP contribution >= 0.6 is 24.0 Å². The first-order valence-corrected chi connectivity index (χ1v) is 8.24. The van der Waals surface area contributed by atoms with Gasteiger partial charge in [-0.05, 0) is 13.5 Å². The van der Waals surface area contributed by atoms with Crippen molar-refractivity contribution in [3.05, 3.63) is 0 Å². The van der Waals surface area contributed by atoms with Gasteiger partial charge in [0.15, 0.2) is 5.96 Å². The van der Waals surface area contributed by atoms with Crippen molar-refractivity contribution < 1.29 is 22.6 Å². The highest BCUT2D eigenvalue weighted by atomic mass is 127. The van der Waals surface area contributed by atoms with Crippen molar-refractivity contribution in [3.8, 4) is 0 Å². The molecule has 152 valence electrons. The molecule has 0 unspecified atom stereocenters. The van der Waals surface area contributed by atoms with Crippen molar-refractivity contribution in [1.82, 2.24) is 15.5 Å². The summed E-state index contributed by atoms with van der Waals surface area (Å²) in [5, 5.41) is 6.00. The van der Waals surface area contributed by atoms with Gasteiger partial charge < -0.3 is 20.1 Å². The molecule has 0 aliphatic rings. The van der Waals surface area contributed by atoms with E-state index in [9.17, 15) is 13.2 Å². The van der Waals surface area contributed by atoms with Gasteiger partial charge in [0.05, 0.1) is 26.4 Å². The molecular formula is C15H32F3IN4O2. The summed E-state index contributed by atoms with van der Waals surface area (Å²) in [7, 11) is 3.04. The Bertz CT molecular complexity index is 334. The zero-order valence-corrected chi connectivity index (χ0v) is 17.7. The minimum atomic E-state index is -4.17. The molecule has 0 aromatic heterocycles. The van der Waals surface area contributed by atoms with Crippen LogP contribution in [0, 0.1) is 0 Å². The molecule has 0 atom stereocenters. The topological polar surface area (TPSA) is 58.1 Å². The molecule has 0 aliphatic heterocycles. The van der Waals surface area contributed by atoms with E-state index < -0.39 is 12.7 Å². The number of aliphatic imine (C=N–C) groups is 1. The smallest absolute Gasteiger partial charge is 0.379 e. The van der Waals surface area contributed by atoms with E-state index in [0.717, 1.165) is 19.4 Å². The van der Waals surface area contributed by atoms with Crippen LogP contribution in [0.1, 0.15) is 19.8 Å². The van der Waals surface area contributed by atoms with Gasteiger partial charge in [0, 0.05) is 33.3 Å². The number of rotatable bonds is 13. The third-order valence-corrected chi connectivity index (χ3v) is 3.01. The quantitative estimate of drug-likeness (QED) is 0.182. The number of likely N-dealkylation sites (N-methyl/N-ethyl adjacent to an activating group) is 1. The summed E-state index contributed by atoms with van der Waals surface area (Å²) in [5.41, 5.74) is 0. The third-order valence-electron chi connectivity index (χ3n) is 3.01. The van der Waals surface area contributed by atoms with E-state index in [2.05, 4.69) is 22.5 Å². The Hall–Kier alpha value is -0.330. The minimum Gasteiger partial charge on any atom is -0.379 e. The fourth-order valence-electron chi connectivity index (χ4n) is 1.78. The summed E-state index contributed by atoms with van der Waals surface area (Å²) in [6.45, 7) is 4.79. The number of nitrogens with one attached hydrogen (secondary N) is 2. The van der Waals surface area contributed by atoms with Crippen LogP contribution in [0.3, 0.4) is 0 Å². The lowest BCUT2D eigenvalue weighted by molar-refractivity contribution is -0.142. The number of guanidine groups is 1. The molecule has 0 saturated carbocycles. The number of unbranched alkanes of at least 4 members (excludes halogenated alkanes) is 1. The summed E-state index contributed by atoms with van der Waals surface area (Å²) in [6, 6.07) is 0. The molecule has 6 nitrogen and oxygen atoms in total. The fraction of sp³-hybridized carbons (Fsp3) is 0.933. The Labute approximate surface area is 165 Å². The van der Waals surface area contributed by atoms with Gasteiger partial charge in [0.1, 0.15) is 0 Å². The van der Waals surface area contributed by atoms with Gasteiger partial charge in [-0.3, -0.25) is 9.89 Å². The Balaban J connectivity index is 0. The number of hydrogen-bond donors (Lipinski definition) is 2. The second-order valence-corrected chi connectivity index (χ2v) is 5.36. The SMILES string of the molecule is CCCCOCCOCCNC(=NC)NCCN(C)CC(F)(F)F.I. The summed E-state index contributed by atoms with van der Waals surface area (Å²) < 4.78 is 47.3. The van der Waals surface area contributed by atoms with Gasteiger partial charge in [-0.15, -0.1) is 24.0 Å². The monoisotopic (exact) mass is 484 g/mol. The molecule has 0 rings (SSSR count). The van der Waals surface area contributed by atoms with Crippen LogP contribution in [-0.4, -0.2) is 83.7 Å². The van der Waals surface area contributed by atoms with Crippen molar-refractivity contribution in [2.45, 2.75) is 25.9 Å². The average Bonchev–Trinajstić information content (AvgIpc) is 2.49. The lowest BCUT2D eigenvalue weighted by atomic mass is 10.4. The number of nitrogens with zero attached hydrogens (tertiary/aromatic N) is 2. The highest BCUT2D eigenvalue weighted by Gasteiger charge is 2.28. The van der Waals surface area contributed by atoms with Gasteiger partial charge >= 0.3 is 6.18 Å². The lowest BCUT2D eigenvalue weighted by Gasteiger charge is -2.19. The van der Waals surface area contributed by atoms with E-state index in [4.69, 9.17) is 9.47 Å². The number of ether oxygens (including phenoxy) is 2. The summed E-state index contributed by atoms with van der Waals surface area (Å²) in [6.07, 6.45) is -2.00. The minimum absolute atomic E-state index is 0. The van der Waals surface area contributed by atoms with E-state index in [1.165, 1.54) is 11.9 Å². The van der Waals surface area contributed by atoms with Crippen LogP contribution in [-0.2, 0) is 9.47 Å². The molecule has 0 radical (unpaired) electrons. The second kappa shape index (κ2) is 17.1. The standard InChI is InChI=1S/C15H31F3N4O2.HI/c1-4-5-9-23-11-12-24-10-7-21-14(19-2)20-6-8-22(3)13-15(16,17)18;/h4-13H2,1-3H3,(H2,19,20,21);1H. The number of alkyl halides is 3. The summed E-state index contributed by atoms with van der Waals surface area (Å²) >= 11 is 0. The Kier molecular flexibility index (Phi) is 18.4. The van der Waals surface area contributed by atoms with Gasteiger partial charge in [-0.25, -0.2) is 0 Å². The van der Waals surface area contributed by atoms with Crippen molar-refractivity contribution >= 4 is 29.9 Å². The van der Waals surface area contributed by atoms with Crippen LogP contribution in [0.5, 0.6) is 0 Å². The first-order chi connectivity index (χ1) is 11.4. The Morgan fingerprint density at radius 3 is 2.20 bits per heavy atom. The highest BCUT2D eigenvalue weighted by Crippen LogP contribution is 2.14. The van der Waals surface area contributed by atoms with Crippen LogP contribution in [0.4, 0.5) is 13.2 Å².